The first-order valence-electron chi connectivity index (χ1n) is 5.17. The Bertz CT molecular complexity index is 354. The van der Waals surface area contributed by atoms with Crippen molar-refractivity contribution < 1.29 is 4.79 Å². The van der Waals surface area contributed by atoms with Gasteiger partial charge < -0.3 is 5.32 Å². The molecule has 0 aliphatic heterocycles. The van der Waals surface area contributed by atoms with E-state index >= 15 is 0 Å². The Hall–Kier alpha value is -1.31. The van der Waals surface area contributed by atoms with Gasteiger partial charge in [0.1, 0.15) is 0 Å². The fourth-order valence-electron chi connectivity index (χ4n) is 1.39. The average Bonchev–Trinajstić information content (AvgIpc) is 2.70. The third-order valence-electron chi connectivity index (χ3n) is 2.04. The van der Waals surface area contributed by atoms with Crippen LogP contribution in [0.3, 0.4) is 0 Å². The Kier molecular flexibility index (Phi) is 5.62. The lowest BCUT2D eigenvalue weighted by molar-refractivity contribution is -0.120. The summed E-state index contributed by atoms with van der Waals surface area (Å²) in [5.74, 6) is 2.41. The molecule has 0 radical (unpaired) electrons. The normalized spacial score (nSPS) is 11.8. The van der Waals surface area contributed by atoms with E-state index in [4.69, 9.17) is 6.42 Å². The molecule has 86 valence electrons. The molecular weight excluding hydrogens is 220 g/mol. The van der Waals surface area contributed by atoms with Gasteiger partial charge in [0, 0.05) is 6.04 Å². The topological polar surface area (TPSA) is 41.1 Å². The van der Waals surface area contributed by atoms with E-state index in [0.717, 1.165) is 6.42 Å². The molecule has 0 saturated heterocycles. The molecule has 0 saturated carbocycles. The van der Waals surface area contributed by atoms with Crippen LogP contribution in [0.1, 0.15) is 12.5 Å². The number of thiophene rings is 1. The molecule has 3 nitrogen and oxygen atoms in total. The molecule has 0 aromatic carbocycles. The lowest BCUT2D eigenvalue weighted by Crippen LogP contribution is -2.40. The molecular formula is C12H16N2OS. The van der Waals surface area contributed by atoms with Gasteiger partial charge >= 0.3 is 0 Å². The van der Waals surface area contributed by atoms with Crippen LogP contribution in [0.5, 0.6) is 0 Å². The first-order valence-corrected chi connectivity index (χ1v) is 6.11. The zero-order valence-electron chi connectivity index (χ0n) is 9.32. The smallest absolute Gasteiger partial charge is 0.234 e. The minimum atomic E-state index is -0.0158. The summed E-state index contributed by atoms with van der Waals surface area (Å²) in [6.07, 6.45) is 5.93. The van der Waals surface area contributed by atoms with Gasteiger partial charge in [-0.1, -0.05) is 5.92 Å². The van der Waals surface area contributed by atoms with Gasteiger partial charge in [-0.2, -0.15) is 11.3 Å². The number of amides is 1. The predicted octanol–water partition coefficient (Wildman–Crippen LogP) is 1.02. The van der Waals surface area contributed by atoms with Crippen molar-refractivity contribution >= 4 is 17.2 Å². The van der Waals surface area contributed by atoms with Crippen molar-refractivity contribution in [3.8, 4) is 12.3 Å². The van der Waals surface area contributed by atoms with E-state index in [9.17, 15) is 4.79 Å². The van der Waals surface area contributed by atoms with E-state index in [1.54, 1.807) is 11.3 Å². The van der Waals surface area contributed by atoms with Crippen LogP contribution in [0, 0.1) is 12.3 Å². The summed E-state index contributed by atoms with van der Waals surface area (Å²) in [5, 5.41) is 9.90. The highest BCUT2D eigenvalue weighted by Gasteiger charge is 2.07. The maximum Gasteiger partial charge on any atom is 0.234 e. The lowest BCUT2D eigenvalue weighted by Gasteiger charge is -2.13. The van der Waals surface area contributed by atoms with E-state index in [0.29, 0.717) is 6.54 Å². The van der Waals surface area contributed by atoms with Crippen molar-refractivity contribution in [1.29, 1.82) is 0 Å². The Labute approximate surface area is 100 Å². The monoisotopic (exact) mass is 236 g/mol. The van der Waals surface area contributed by atoms with Gasteiger partial charge in [-0.25, -0.2) is 0 Å². The first kappa shape index (κ1) is 12.8. The minimum Gasteiger partial charge on any atom is -0.352 e. The van der Waals surface area contributed by atoms with Crippen LogP contribution in [0.15, 0.2) is 16.8 Å². The predicted molar refractivity (Wildman–Crippen MR) is 67.3 cm³/mol. The van der Waals surface area contributed by atoms with E-state index < -0.39 is 0 Å². The van der Waals surface area contributed by atoms with Gasteiger partial charge in [0.15, 0.2) is 0 Å². The van der Waals surface area contributed by atoms with Crippen LogP contribution in [0.2, 0.25) is 0 Å². The van der Waals surface area contributed by atoms with Crippen molar-refractivity contribution in [2.75, 3.05) is 13.1 Å². The lowest BCUT2D eigenvalue weighted by atomic mass is 10.1. The number of rotatable bonds is 6. The second-order valence-electron chi connectivity index (χ2n) is 3.61. The largest absolute Gasteiger partial charge is 0.352 e. The highest BCUT2D eigenvalue weighted by atomic mass is 32.1. The van der Waals surface area contributed by atoms with E-state index in [-0.39, 0.29) is 18.5 Å². The second-order valence-corrected chi connectivity index (χ2v) is 4.39. The Balaban J connectivity index is 2.21. The summed E-state index contributed by atoms with van der Waals surface area (Å²) in [6, 6.07) is 2.22. The van der Waals surface area contributed by atoms with Gasteiger partial charge in [0.25, 0.3) is 0 Å². The summed E-state index contributed by atoms with van der Waals surface area (Å²) in [6.45, 7) is 2.70. The standard InChI is InChI=1S/C12H16N2OS/c1-3-5-13-8-12(15)14-10(2)7-11-4-6-16-9-11/h1,4,6,9-10,13H,5,7-8H2,2H3,(H,14,15). The van der Waals surface area contributed by atoms with Crippen LogP contribution in [-0.2, 0) is 11.2 Å². The second kappa shape index (κ2) is 7.04. The average molecular weight is 236 g/mol. The van der Waals surface area contributed by atoms with Crippen LogP contribution < -0.4 is 10.6 Å². The molecule has 0 aliphatic carbocycles. The Morgan fingerprint density at radius 1 is 1.69 bits per heavy atom. The molecule has 1 unspecified atom stereocenters. The summed E-state index contributed by atoms with van der Waals surface area (Å²) in [7, 11) is 0. The van der Waals surface area contributed by atoms with Crippen LogP contribution in [0.25, 0.3) is 0 Å². The van der Waals surface area contributed by atoms with Crippen LogP contribution in [0.4, 0.5) is 0 Å². The van der Waals surface area contributed by atoms with Crippen molar-refractivity contribution in [1.82, 2.24) is 10.6 Å². The maximum atomic E-state index is 11.4. The summed E-state index contributed by atoms with van der Waals surface area (Å²) < 4.78 is 0. The summed E-state index contributed by atoms with van der Waals surface area (Å²) in [4.78, 5) is 11.4. The molecule has 1 rings (SSSR count). The third-order valence-corrected chi connectivity index (χ3v) is 2.77. The quantitative estimate of drug-likeness (QED) is 0.572. The molecule has 1 atom stereocenters. The fraction of sp³-hybridized carbons (Fsp3) is 0.417. The fourth-order valence-corrected chi connectivity index (χ4v) is 2.07. The van der Waals surface area contributed by atoms with Crippen molar-refractivity contribution in [2.24, 2.45) is 0 Å². The molecule has 1 aromatic rings. The Morgan fingerprint density at radius 3 is 3.12 bits per heavy atom. The number of nitrogens with one attached hydrogen (secondary N) is 2. The maximum absolute atomic E-state index is 11.4. The van der Waals surface area contributed by atoms with Crippen molar-refractivity contribution in [3.63, 3.8) is 0 Å². The van der Waals surface area contributed by atoms with Gasteiger partial charge in [-0.3, -0.25) is 10.1 Å². The van der Waals surface area contributed by atoms with Gasteiger partial charge in [0.2, 0.25) is 5.91 Å². The molecule has 4 heteroatoms. The molecule has 0 aliphatic rings. The SMILES string of the molecule is C#CCNCC(=O)NC(C)Cc1ccsc1. The van der Waals surface area contributed by atoms with E-state index in [1.807, 2.05) is 12.3 Å². The zero-order chi connectivity index (χ0) is 11.8. The highest BCUT2D eigenvalue weighted by Crippen LogP contribution is 2.08. The van der Waals surface area contributed by atoms with E-state index in [2.05, 4.69) is 28.0 Å². The molecule has 1 heterocycles. The molecule has 0 spiro atoms. The number of hydrogen-bond acceptors (Lipinski definition) is 3. The summed E-state index contributed by atoms with van der Waals surface area (Å²) >= 11 is 1.67. The van der Waals surface area contributed by atoms with Crippen LogP contribution in [-0.4, -0.2) is 25.0 Å². The van der Waals surface area contributed by atoms with Gasteiger partial charge in [0.05, 0.1) is 13.1 Å². The number of hydrogen-bond donors (Lipinski definition) is 2. The molecule has 0 bridgehead atoms. The minimum absolute atomic E-state index is 0.0158. The van der Waals surface area contributed by atoms with Crippen molar-refractivity contribution in [2.45, 2.75) is 19.4 Å². The number of terminal acetylenes is 1. The molecule has 0 fully saturated rings. The number of carbonyl (C=O) groups excluding carboxylic acids is 1. The van der Waals surface area contributed by atoms with Gasteiger partial charge in [-0.15, -0.1) is 6.42 Å². The molecule has 1 amide bonds. The third kappa shape index (κ3) is 4.96. The molecule has 1 aromatic heterocycles. The first-order chi connectivity index (χ1) is 7.72. The van der Waals surface area contributed by atoms with Crippen LogP contribution >= 0.6 is 11.3 Å². The molecule has 16 heavy (non-hydrogen) atoms. The van der Waals surface area contributed by atoms with E-state index in [1.165, 1.54) is 5.56 Å². The van der Waals surface area contributed by atoms with Gasteiger partial charge in [-0.05, 0) is 35.7 Å². The zero-order valence-corrected chi connectivity index (χ0v) is 10.1. The van der Waals surface area contributed by atoms with Crippen molar-refractivity contribution in [3.05, 3.63) is 22.4 Å². The highest BCUT2D eigenvalue weighted by molar-refractivity contribution is 7.07. The molecule has 2 N–H and O–H groups in total. The summed E-state index contributed by atoms with van der Waals surface area (Å²) in [5.41, 5.74) is 1.26. The Morgan fingerprint density at radius 2 is 2.50 bits per heavy atom. The number of carbonyl (C=O) groups is 1.